The number of phenolic OH excluding ortho intramolecular Hbond substituents is 1. The Morgan fingerprint density at radius 1 is 1.47 bits per heavy atom. The normalized spacial score (nSPS) is 11.5. The molecule has 84 valence electrons. The fourth-order valence-electron chi connectivity index (χ4n) is 1.37. The van der Waals surface area contributed by atoms with Crippen molar-refractivity contribution in [2.45, 2.75) is 25.8 Å². The first-order chi connectivity index (χ1) is 6.83. The van der Waals surface area contributed by atoms with Gasteiger partial charge in [-0.2, -0.15) is 0 Å². The van der Waals surface area contributed by atoms with Gasteiger partial charge in [0.2, 0.25) is 0 Å². The average Bonchev–Trinajstić information content (AvgIpc) is 2.10. The highest BCUT2D eigenvalue weighted by Crippen LogP contribution is 2.33. The van der Waals surface area contributed by atoms with Crippen LogP contribution in [0.15, 0.2) is 12.1 Å². The molecule has 1 aromatic rings. The largest absolute Gasteiger partial charge is 0.506 e. The molecule has 0 saturated carbocycles. The number of hydrogen-bond acceptors (Lipinski definition) is 3. The van der Waals surface area contributed by atoms with Gasteiger partial charge in [-0.15, -0.1) is 0 Å². The lowest BCUT2D eigenvalue weighted by Gasteiger charge is -2.19. The van der Waals surface area contributed by atoms with Gasteiger partial charge in [-0.25, -0.2) is 0 Å². The summed E-state index contributed by atoms with van der Waals surface area (Å²) < 4.78 is 5.07. The van der Waals surface area contributed by atoms with Crippen LogP contribution in [0.5, 0.6) is 11.5 Å². The number of phenols is 1. The molecule has 0 aliphatic heterocycles. The minimum Gasteiger partial charge on any atom is -0.506 e. The molecule has 0 heterocycles. The van der Waals surface area contributed by atoms with Crippen LogP contribution >= 0.6 is 11.6 Å². The molecular weight excluding hydrogens is 214 g/mol. The number of nitrogens with two attached hydrogens (primary N) is 1. The molecule has 0 fully saturated rings. The Bertz CT molecular complexity index is 358. The first kappa shape index (κ1) is 12.1. The van der Waals surface area contributed by atoms with Crippen molar-refractivity contribution in [3.8, 4) is 11.5 Å². The second-order valence-electron chi connectivity index (χ2n) is 4.28. The molecule has 1 aromatic carbocycles. The quantitative estimate of drug-likeness (QED) is 0.837. The van der Waals surface area contributed by atoms with Gasteiger partial charge in [-0.1, -0.05) is 11.6 Å². The topological polar surface area (TPSA) is 55.5 Å². The molecule has 0 aromatic heterocycles. The Kier molecular flexibility index (Phi) is 3.47. The molecule has 3 N–H and O–H groups in total. The lowest BCUT2D eigenvalue weighted by atomic mass is 9.95. The van der Waals surface area contributed by atoms with Crippen LogP contribution in [-0.2, 0) is 6.42 Å². The molecule has 0 amide bonds. The fraction of sp³-hybridized carbons (Fsp3) is 0.455. The third-order valence-electron chi connectivity index (χ3n) is 2.00. The van der Waals surface area contributed by atoms with E-state index in [9.17, 15) is 5.11 Å². The average molecular weight is 230 g/mol. The number of ether oxygens (including phenoxy) is 1. The molecule has 0 atom stereocenters. The van der Waals surface area contributed by atoms with E-state index in [0.717, 1.165) is 0 Å². The third-order valence-corrected chi connectivity index (χ3v) is 2.29. The molecule has 0 radical (unpaired) electrons. The van der Waals surface area contributed by atoms with E-state index in [1.165, 1.54) is 0 Å². The first-order valence-electron chi connectivity index (χ1n) is 4.68. The number of aromatic hydroxyl groups is 1. The Balaban J connectivity index is 3.11. The van der Waals surface area contributed by atoms with Gasteiger partial charge in [0.05, 0.1) is 12.1 Å². The molecule has 3 nitrogen and oxygen atoms in total. The smallest absolute Gasteiger partial charge is 0.137 e. The van der Waals surface area contributed by atoms with Crippen molar-refractivity contribution < 1.29 is 9.84 Å². The Morgan fingerprint density at radius 2 is 2.07 bits per heavy atom. The molecule has 0 bridgehead atoms. The lowest BCUT2D eigenvalue weighted by molar-refractivity contribution is 0.408. The van der Waals surface area contributed by atoms with Gasteiger partial charge in [0.25, 0.3) is 0 Å². The van der Waals surface area contributed by atoms with Crippen LogP contribution in [0.2, 0.25) is 5.02 Å². The number of rotatable bonds is 3. The zero-order valence-corrected chi connectivity index (χ0v) is 9.93. The molecule has 0 saturated heterocycles. The molecule has 0 spiro atoms. The highest BCUT2D eigenvalue weighted by atomic mass is 35.5. The second-order valence-corrected chi connectivity index (χ2v) is 4.69. The predicted molar refractivity (Wildman–Crippen MR) is 61.6 cm³/mol. The van der Waals surface area contributed by atoms with Gasteiger partial charge in [0.1, 0.15) is 11.5 Å². The minimum absolute atomic E-state index is 0.0796. The van der Waals surface area contributed by atoms with Crippen molar-refractivity contribution in [1.29, 1.82) is 0 Å². The van der Waals surface area contributed by atoms with E-state index in [0.29, 0.717) is 17.7 Å². The molecule has 4 heteroatoms. The van der Waals surface area contributed by atoms with Crippen molar-refractivity contribution >= 4 is 11.6 Å². The molecule has 0 unspecified atom stereocenters. The van der Waals surface area contributed by atoms with E-state index >= 15 is 0 Å². The molecule has 15 heavy (non-hydrogen) atoms. The van der Waals surface area contributed by atoms with E-state index < -0.39 is 5.54 Å². The van der Waals surface area contributed by atoms with Crippen molar-refractivity contribution in [2.75, 3.05) is 7.11 Å². The van der Waals surface area contributed by atoms with Crippen molar-refractivity contribution in [2.24, 2.45) is 5.73 Å². The zero-order chi connectivity index (χ0) is 11.6. The summed E-state index contributed by atoms with van der Waals surface area (Å²) in [6.07, 6.45) is 0.537. The minimum atomic E-state index is -0.396. The van der Waals surface area contributed by atoms with Gasteiger partial charge in [-0.05, 0) is 26.3 Å². The summed E-state index contributed by atoms with van der Waals surface area (Å²) in [5.41, 5.74) is 6.19. The van der Waals surface area contributed by atoms with Crippen molar-refractivity contribution in [3.05, 3.63) is 22.7 Å². The summed E-state index contributed by atoms with van der Waals surface area (Å²) in [4.78, 5) is 0. The van der Waals surface area contributed by atoms with Gasteiger partial charge >= 0.3 is 0 Å². The monoisotopic (exact) mass is 229 g/mol. The summed E-state index contributed by atoms with van der Waals surface area (Å²) in [6.45, 7) is 3.78. The van der Waals surface area contributed by atoms with E-state index in [1.807, 2.05) is 13.8 Å². The third kappa shape index (κ3) is 3.29. The number of methoxy groups -OCH3 is 1. The summed E-state index contributed by atoms with van der Waals surface area (Å²) in [5.74, 6) is 0.702. The van der Waals surface area contributed by atoms with Gasteiger partial charge in [-0.3, -0.25) is 0 Å². The lowest BCUT2D eigenvalue weighted by Crippen LogP contribution is -2.34. The van der Waals surface area contributed by atoms with Crippen LogP contribution in [0.3, 0.4) is 0 Å². The Hall–Kier alpha value is -0.930. The van der Waals surface area contributed by atoms with E-state index in [-0.39, 0.29) is 10.8 Å². The summed E-state index contributed by atoms with van der Waals surface area (Å²) in [5, 5.41) is 10.0. The van der Waals surface area contributed by atoms with Crippen LogP contribution in [0, 0.1) is 0 Å². The molecular formula is C11H16ClNO2. The van der Waals surface area contributed by atoms with Crippen LogP contribution in [0.25, 0.3) is 0 Å². The number of benzene rings is 1. The van der Waals surface area contributed by atoms with Gasteiger partial charge in [0, 0.05) is 17.2 Å². The maximum atomic E-state index is 9.74. The van der Waals surface area contributed by atoms with Crippen LogP contribution in [-0.4, -0.2) is 17.8 Å². The highest BCUT2D eigenvalue weighted by Gasteiger charge is 2.17. The van der Waals surface area contributed by atoms with Crippen LogP contribution in [0.1, 0.15) is 19.4 Å². The highest BCUT2D eigenvalue weighted by molar-refractivity contribution is 6.32. The molecule has 1 rings (SSSR count). The standard InChI is InChI=1S/C11H16ClNO2/c1-11(2,13)6-7-4-8(15-3)5-9(12)10(7)14/h4-5,14H,6,13H2,1-3H3. The maximum absolute atomic E-state index is 9.74. The molecule has 0 aliphatic carbocycles. The van der Waals surface area contributed by atoms with E-state index in [2.05, 4.69) is 0 Å². The number of halogens is 1. The summed E-state index contributed by atoms with van der Waals surface area (Å²) in [7, 11) is 1.56. The second kappa shape index (κ2) is 4.29. The van der Waals surface area contributed by atoms with E-state index in [4.69, 9.17) is 22.1 Å². The van der Waals surface area contributed by atoms with Gasteiger partial charge in [0.15, 0.2) is 0 Å². The Labute approximate surface area is 94.8 Å². The summed E-state index contributed by atoms with van der Waals surface area (Å²) in [6, 6.07) is 3.32. The summed E-state index contributed by atoms with van der Waals surface area (Å²) >= 11 is 5.86. The Morgan fingerprint density at radius 3 is 2.53 bits per heavy atom. The van der Waals surface area contributed by atoms with Crippen LogP contribution < -0.4 is 10.5 Å². The fourth-order valence-corrected chi connectivity index (χ4v) is 1.60. The number of hydrogen-bond donors (Lipinski definition) is 2. The predicted octanol–water partition coefficient (Wildman–Crippen LogP) is 2.33. The van der Waals surface area contributed by atoms with Crippen molar-refractivity contribution in [3.63, 3.8) is 0 Å². The van der Waals surface area contributed by atoms with Gasteiger partial charge < -0.3 is 15.6 Å². The SMILES string of the molecule is COc1cc(Cl)c(O)c(CC(C)(C)N)c1. The van der Waals surface area contributed by atoms with Crippen molar-refractivity contribution in [1.82, 2.24) is 0 Å². The molecule has 0 aliphatic rings. The van der Waals surface area contributed by atoms with Crippen LogP contribution in [0.4, 0.5) is 0 Å². The zero-order valence-electron chi connectivity index (χ0n) is 9.17. The van der Waals surface area contributed by atoms with E-state index in [1.54, 1.807) is 19.2 Å². The maximum Gasteiger partial charge on any atom is 0.137 e. The first-order valence-corrected chi connectivity index (χ1v) is 5.05.